The Hall–Kier alpha value is -3.13. The summed E-state index contributed by atoms with van der Waals surface area (Å²) in [7, 11) is 0. The third-order valence-electron chi connectivity index (χ3n) is 5.09. The molecule has 2 aromatic carbocycles. The maximum Gasteiger partial charge on any atom is 0.306 e. The zero-order valence-electron chi connectivity index (χ0n) is 17.4. The number of halogens is 1. The molecule has 1 amide bonds. The van der Waals surface area contributed by atoms with Crippen molar-refractivity contribution in [1.29, 1.82) is 0 Å². The minimum absolute atomic E-state index is 0.0858. The largest absolute Gasteiger partial charge is 0.481 e. The van der Waals surface area contributed by atoms with Gasteiger partial charge in [0.05, 0.1) is 5.92 Å². The topological polar surface area (TPSA) is 120 Å². The first-order valence-corrected chi connectivity index (χ1v) is 10.4. The molecule has 32 heavy (non-hydrogen) atoms. The molecule has 7 nitrogen and oxygen atoms in total. The standard InChI is InChI=1S/C24H24ClNO6/c1-14(23(28)29)11-19(26-22(27)20-9-10-21(32-20)24(30)31)12-15-5-7-16(8-6-15)17-3-2-4-18(25)13-17/h2-10,13-14,19,24,30-31H,11-12H2,1H3,(H,26,27)(H,28,29)/t14-,19?/m1/s1. The van der Waals surface area contributed by atoms with Crippen LogP contribution in [0.4, 0.5) is 0 Å². The second-order valence-corrected chi connectivity index (χ2v) is 8.07. The molecule has 0 saturated heterocycles. The molecule has 0 aliphatic heterocycles. The maximum atomic E-state index is 12.6. The normalized spacial score (nSPS) is 13.0. The summed E-state index contributed by atoms with van der Waals surface area (Å²) in [5.41, 5.74) is 2.89. The van der Waals surface area contributed by atoms with E-state index in [4.69, 9.17) is 26.2 Å². The quantitative estimate of drug-likeness (QED) is 0.360. The number of amides is 1. The van der Waals surface area contributed by atoms with Gasteiger partial charge < -0.3 is 25.1 Å². The fraction of sp³-hybridized carbons (Fsp3) is 0.250. The molecule has 0 bridgehead atoms. The zero-order chi connectivity index (χ0) is 23.3. The van der Waals surface area contributed by atoms with Crippen molar-refractivity contribution in [2.24, 2.45) is 5.92 Å². The van der Waals surface area contributed by atoms with E-state index in [0.717, 1.165) is 16.7 Å². The molecule has 0 saturated carbocycles. The number of nitrogens with one attached hydrogen (secondary N) is 1. The Bertz CT molecular complexity index is 1080. The van der Waals surface area contributed by atoms with E-state index in [1.54, 1.807) is 13.0 Å². The molecule has 0 fully saturated rings. The van der Waals surface area contributed by atoms with E-state index in [1.807, 2.05) is 42.5 Å². The summed E-state index contributed by atoms with van der Waals surface area (Å²) < 4.78 is 5.15. The van der Waals surface area contributed by atoms with Gasteiger partial charge in [-0.15, -0.1) is 0 Å². The first-order valence-electron chi connectivity index (χ1n) is 10.1. The molecule has 1 heterocycles. The van der Waals surface area contributed by atoms with Crippen molar-refractivity contribution in [3.8, 4) is 11.1 Å². The summed E-state index contributed by atoms with van der Waals surface area (Å²) in [6.45, 7) is 1.58. The van der Waals surface area contributed by atoms with Gasteiger partial charge in [0.15, 0.2) is 11.5 Å². The Morgan fingerprint density at radius 1 is 1.03 bits per heavy atom. The van der Waals surface area contributed by atoms with E-state index in [0.29, 0.717) is 11.4 Å². The maximum absolute atomic E-state index is 12.6. The molecule has 2 atom stereocenters. The van der Waals surface area contributed by atoms with Crippen LogP contribution in [0, 0.1) is 5.92 Å². The van der Waals surface area contributed by atoms with Crippen molar-refractivity contribution < 1.29 is 29.3 Å². The van der Waals surface area contributed by atoms with Gasteiger partial charge in [0.2, 0.25) is 6.29 Å². The van der Waals surface area contributed by atoms with E-state index in [2.05, 4.69) is 5.32 Å². The fourth-order valence-corrected chi connectivity index (χ4v) is 3.57. The van der Waals surface area contributed by atoms with Crippen LogP contribution in [0.15, 0.2) is 65.1 Å². The zero-order valence-corrected chi connectivity index (χ0v) is 18.1. The first kappa shape index (κ1) is 23.5. The molecular formula is C24H24ClNO6. The van der Waals surface area contributed by atoms with Gasteiger partial charge in [-0.25, -0.2) is 0 Å². The number of carboxylic acids is 1. The van der Waals surface area contributed by atoms with Gasteiger partial charge in [0, 0.05) is 11.1 Å². The summed E-state index contributed by atoms with van der Waals surface area (Å²) in [5.74, 6) is -2.42. The van der Waals surface area contributed by atoms with E-state index >= 15 is 0 Å². The van der Waals surface area contributed by atoms with Gasteiger partial charge >= 0.3 is 5.97 Å². The average molecular weight is 458 g/mol. The van der Waals surface area contributed by atoms with E-state index in [9.17, 15) is 14.7 Å². The number of aliphatic carboxylic acids is 1. The minimum atomic E-state index is -1.82. The fourth-order valence-electron chi connectivity index (χ4n) is 3.38. The number of aliphatic hydroxyl groups excluding tert-OH is 1. The number of rotatable bonds is 9. The van der Waals surface area contributed by atoms with Crippen LogP contribution in [0.3, 0.4) is 0 Å². The molecule has 1 unspecified atom stereocenters. The Labute approximate surface area is 190 Å². The van der Waals surface area contributed by atoms with Crippen molar-refractivity contribution >= 4 is 23.5 Å². The van der Waals surface area contributed by atoms with Gasteiger partial charge in [-0.2, -0.15) is 0 Å². The molecule has 1 aromatic heterocycles. The summed E-state index contributed by atoms with van der Waals surface area (Å²) in [6.07, 6.45) is -1.19. The number of carbonyl (C=O) groups is 2. The molecule has 0 radical (unpaired) electrons. The first-order chi connectivity index (χ1) is 15.2. The molecule has 0 spiro atoms. The molecule has 0 aliphatic carbocycles. The van der Waals surface area contributed by atoms with Gasteiger partial charge in [-0.05, 0) is 53.8 Å². The molecule has 8 heteroatoms. The molecule has 0 aliphatic rings. The van der Waals surface area contributed by atoms with Crippen molar-refractivity contribution in [2.75, 3.05) is 0 Å². The van der Waals surface area contributed by atoms with Crippen molar-refractivity contribution in [3.05, 3.63) is 82.8 Å². The Morgan fingerprint density at radius 2 is 1.75 bits per heavy atom. The lowest BCUT2D eigenvalue weighted by molar-refractivity contribution is -0.141. The predicted octanol–water partition coefficient (Wildman–Crippen LogP) is 4.04. The molecule has 4 N–H and O–H groups in total. The highest BCUT2D eigenvalue weighted by Crippen LogP contribution is 2.24. The Balaban J connectivity index is 1.74. The van der Waals surface area contributed by atoms with Gasteiger partial charge in [-0.3, -0.25) is 9.59 Å². The second kappa shape index (κ2) is 10.5. The summed E-state index contributed by atoms with van der Waals surface area (Å²) >= 11 is 6.06. The Morgan fingerprint density at radius 3 is 2.34 bits per heavy atom. The van der Waals surface area contributed by atoms with Crippen molar-refractivity contribution in [3.63, 3.8) is 0 Å². The van der Waals surface area contributed by atoms with Crippen molar-refractivity contribution in [1.82, 2.24) is 5.32 Å². The van der Waals surface area contributed by atoms with Crippen LogP contribution in [0.25, 0.3) is 11.1 Å². The summed E-state index contributed by atoms with van der Waals surface area (Å²) in [5, 5.41) is 31.0. The van der Waals surface area contributed by atoms with Crippen molar-refractivity contribution in [2.45, 2.75) is 32.1 Å². The van der Waals surface area contributed by atoms with Crippen LogP contribution in [0.5, 0.6) is 0 Å². The smallest absolute Gasteiger partial charge is 0.306 e. The van der Waals surface area contributed by atoms with Gasteiger partial charge in [-0.1, -0.05) is 54.9 Å². The number of carbonyl (C=O) groups excluding carboxylic acids is 1. The lowest BCUT2D eigenvalue weighted by Gasteiger charge is -2.20. The summed E-state index contributed by atoms with van der Waals surface area (Å²) in [4.78, 5) is 23.9. The third-order valence-corrected chi connectivity index (χ3v) is 5.33. The highest BCUT2D eigenvalue weighted by Gasteiger charge is 2.23. The number of carboxylic acid groups (broad SMARTS) is 1. The summed E-state index contributed by atoms with van der Waals surface area (Å²) in [6, 6.07) is 17.4. The average Bonchev–Trinajstić information content (AvgIpc) is 3.25. The SMILES string of the molecule is C[C@H](CC(Cc1ccc(-c2cccc(Cl)c2)cc1)NC(=O)c1ccc(C(O)O)o1)C(=O)O. The lowest BCUT2D eigenvalue weighted by atomic mass is 9.95. The van der Waals surface area contributed by atoms with Crippen LogP contribution in [0.2, 0.25) is 5.02 Å². The monoisotopic (exact) mass is 457 g/mol. The highest BCUT2D eigenvalue weighted by atomic mass is 35.5. The number of hydrogen-bond acceptors (Lipinski definition) is 5. The van der Waals surface area contributed by atoms with Gasteiger partial charge in [0.25, 0.3) is 5.91 Å². The number of hydrogen-bond donors (Lipinski definition) is 4. The molecule has 3 aromatic rings. The van der Waals surface area contributed by atoms with Gasteiger partial charge in [0.1, 0.15) is 0 Å². The van der Waals surface area contributed by atoms with Crippen LogP contribution in [-0.2, 0) is 11.2 Å². The molecule has 168 valence electrons. The van der Waals surface area contributed by atoms with E-state index in [1.165, 1.54) is 12.1 Å². The lowest BCUT2D eigenvalue weighted by Crippen LogP contribution is -2.38. The highest BCUT2D eigenvalue weighted by molar-refractivity contribution is 6.30. The van der Waals surface area contributed by atoms with Crippen LogP contribution >= 0.6 is 11.6 Å². The predicted molar refractivity (Wildman–Crippen MR) is 119 cm³/mol. The molecule has 3 rings (SSSR count). The molecular weight excluding hydrogens is 434 g/mol. The van der Waals surface area contributed by atoms with Crippen LogP contribution < -0.4 is 5.32 Å². The van der Waals surface area contributed by atoms with E-state index < -0.39 is 30.1 Å². The van der Waals surface area contributed by atoms with Crippen LogP contribution in [0.1, 0.15) is 41.5 Å². The number of furan rings is 1. The number of aliphatic hydroxyl groups is 2. The second-order valence-electron chi connectivity index (χ2n) is 7.63. The Kier molecular flexibility index (Phi) is 7.69. The van der Waals surface area contributed by atoms with E-state index in [-0.39, 0.29) is 17.9 Å². The van der Waals surface area contributed by atoms with Crippen LogP contribution in [-0.4, -0.2) is 33.2 Å². The third kappa shape index (κ3) is 6.20. The minimum Gasteiger partial charge on any atom is -0.481 e. The number of benzene rings is 2.